The van der Waals surface area contributed by atoms with Crippen LogP contribution in [0.2, 0.25) is 0 Å². The summed E-state index contributed by atoms with van der Waals surface area (Å²) in [4.78, 5) is 0. The minimum Gasteiger partial charge on any atom is -0.309 e. The van der Waals surface area contributed by atoms with E-state index >= 15 is 0 Å². The lowest BCUT2D eigenvalue weighted by molar-refractivity contribution is 0.286. The van der Waals surface area contributed by atoms with Gasteiger partial charge in [0.1, 0.15) is 0 Å². The second kappa shape index (κ2) is 5.61. The average Bonchev–Trinajstić information content (AvgIpc) is 2.28. The predicted molar refractivity (Wildman–Crippen MR) is 64.8 cm³/mol. The molecule has 0 spiro atoms. The van der Waals surface area contributed by atoms with E-state index in [2.05, 4.69) is 15.9 Å². The molecule has 0 aliphatic carbocycles. The Kier molecular flexibility index (Phi) is 4.74. The fourth-order valence-corrected chi connectivity index (χ4v) is 2.13. The minimum absolute atomic E-state index is 0.923. The molecule has 0 fully saturated rings. The lowest BCUT2D eigenvalue weighted by Gasteiger charge is -2.07. The van der Waals surface area contributed by atoms with Gasteiger partial charge in [-0.1, -0.05) is 34.1 Å². The molecule has 0 aliphatic rings. The van der Waals surface area contributed by atoms with Gasteiger partial charge in [0.25, 0.3) is 0 Å². The smallest absolute Gasteiger partial charge is 0.309 e. The maximum atomic E-state index is 11.7. The van der Waals surface area contributed by atoms with Gasteiger partial charge in [0, 0.05) is 24.5 Å². The molecule has 0 aliphatic heterocycles. The summed E-state index contributed by atoms with van der Waals surface area (Å²) in [6, 6.07) is 7.61. The third-order valence-corrected chi connectivity index (χ3v) is 4.11. The molecule has 15 heavy (non-hydrogen) atoms. The molecule has 0 saturated heterocycles. The topological polar surface area (TPSA) is 35.5 Å². The monoisotopic (exact) mass is 290 g/mol. The van der Waals surface area contributed by atoms with Crippen molar-refractivity contribution < 1.29 is 13.6 Å². The highest BCUT2D eigenvalue weighted by Gasteiger charge is 2.15. The Morgan fingerprint density at radius 2 is 1.87 bits per heavy atom. The normalized spacial score (nSPS) is 12.2. The van der Waals surface area contributed by atoms with Crippen LogP contribution in [-0.2, 0) is 13.6 Å². The summed E-state index contributed by atoms with van der Waals surface area (Å²) < 4.78 is 22.2. The highest BCUT2D eigenvalue weighted by atomic mass is 79.9. The van der Waals surface area contributed by atoms with Gasteiger partial charge in [-0.15, -0.1) is 0 Å². The standard InChI is InChI=1S/C10H12BrO3P/c1-13-15(12,14-2)8-7-9-5-3-4-6-10(9)11/h3-8H,1-2H3/b8-7+. The highest BCUT2D eigenvalue weighted by molar-refractivity contribution is 9.10. The lowest BCUT2D eigenvalue weighted by Crippen LogP contribution is -1.83. The van der Waals surface area contributed by atoms with Crippen molar-refractivity contribution >= 4 is 29.6 Å². The molecular weight excluding hydrogens is 279 g/mol. The van der Waals surface area contributed by atoms with Crippen molar-refractivity contribution in [3.8, 4) is 0 Å². The van der Waals surface area contributed by atoms with Gasteiger partial charge in [-0.3, -0.25) is 4.57 Å². The molecule has 0 atom stereocenters. The van der Waals surface area contributed by atoms with Crippen molar-refractivity contribution in [3.63, 3.8) is 0 Å². The Bertz CT molecular complexity index is 395. The van der Waals surface area contributed by atoms with Crippen LogP contribution < -0.4 is 0 Å². The zero-order valence-corrected chi connectivity index (χ0v) is 11.0. The summed E-state index contributed by atoms with van der Waals surface area (Å²) in [5.74, 6) is 1.44. The van der Waals surface area contributed by atoms with Crippen molar-refractivity contribution in [2.45, 2.75) is 0 Å². The molecule has 0 aromatic heterocycles. The van der Waals surface area contributed by atoms with Gasteiger partial charge < -0.3 is 9.05 Å². The third-order valence-electron chi connectivity index (χ3n) is 1.85. The van der Waals surface area contributed by atoms with Crippen LogP contribution in [-0.4, -0.2) is 14.2 Å². The van der Waals surface area contributed by atoms with E-state index in [0.717, 1.165) is 10.0 Å². The summed E-state index contributed by atoms with van der Waals surface area (Å²) in [5, 5.41) is 0. The largest absolute Gasteiger partial charge is 0.353 e. The third kappa shape index (κ3) is 3.58. The molecular formula is C10H12BrO3P. The van der Waals surface area contributed by atoms with Crippen molar-refractivity contribution in [3.05, 3.63) is 40.1 Å². The summed E-state index contributed by atoms with van der Waals surface area (Å²) in [7, 11) is -0.356. The van der Waals surface area contributed by atoms with Crippen molar-refractivity contribution in [1.82, 2.24) is 0 Å². The van der Waals surface area contributed by atoms with Crippen LogP contribution in [0.4, 0.5) is 0 Å². The van der Waals surface area contributed by atoms with Crippen LogP contribution in [0, 0.1) is 0 Å². The van der Waals surface area contributed by atoms with Crippen LogP contribution >= 0.6 is 23.5 Å². The minimum atomic E-state index is -3.07. The van der Waals surface area contributed by atoms with Crippen molar-refractivity contribution in [1.29, 1.82) is 0 Å². The fraction of sp³-hybridized carbons (Fsp3) is 0.200. The maximum absolute atomic E-state index is 11.7. The molecule has 3 nitrogen and oxygen atoms in total. The van der Waals surface area contributed by atoms with Crippen molar-refractivity contribution in [2.24, 2.45) is 0 Å². The summed E-state index contributed by atoms with van der Waals surface area (Å²) in [6.45, 7) is 0. The number of benzene rings is 1. The molecule has 0 N–H and O–H groups in total. The highest BCUT2D eigenvalue weighted by Crippen LogP contribution is 2.48. The first-order valence-electron chi connectivity index (χ1n) is 4.26. The number of halogens is 1. The van der Waals surface area contributed by atoms with E-state index in [4.69, 9.17) is 9.05 Å². The second-order valence-electron chi connectivity index (χ2n) is 2.74. The van der Waals surface area contributed by atoms with Crippen molar-refractivity contribution in [2.75, 3.05) is 14.2 Å². The number of rotatable bonds is 4. The first-order chi connectivity index (χ1) is 7.11. The van der Waals surface area contributed by atoms with Gasteiger partial charge in [-0.25, -0.2) is 0 Å². The summed E-state index contributed by atoms with van der Waals surface area (Å²) in [6.07, 6.45) is 1.71. The van der Waals surface area contributed by atoms with Gasteiger partial charge in [-0.05, 0) is 17.7 Å². The molecule has 82 valence electrons. The molecule has 0 radical (unpaired) electrons. The zero-order valence-electron chi connectivity index (χ0n) is 8.51. The molecule has 1 rings (SSSR count). The Morgan fingerprint density at radius 3 is 2.40 bits per heavy atom. The first-order valence-corrected chi connectivity index (χ1v) is 6.67. The molecule has 0 saturated carbocycles. The Morgan fingerprint density at radius 1 is 1.27 bits per heavy atom. The Balaban J connectivity index is 2.91. The molecule has 1 aromatic rings. The van der Waals surface area contributed by atoms with E-state index in [1.165, 1.54) is 20.0 Å². The van der Waals surface area contributed by atoms with E-state index in [9.17, 15) is 4.57 Å². The summed E-state index contributed by atoms with van der Waals surface area (Å²) >= 11 is 3.39. The van der Waals surface area contributed by atoms with Gasteiger partial charge in [0.2, 0.25) is 0 Å². The molecule has 5 heteroatoms. The average molecular weight is 291 g/mol. The van der Waals surface area contributed by atoms with E-state index in [1.54, 1.807) is 6.08 Å². The Labute approximate surface area is 97.8 Å². The van der Waals surface area contributed by atoms with Crippen LogP contribution in [0.5, 0.6) is 0 Å². The van der Waals surface area contributed by atoms with Crippen LogP contribution in [0.15, 0.2) is 34.6 Å². The van der Waals surface area contributed by atoms with Gasteiger partial charge >= 0.3 is 7.60 Å². The number of hydrogen-bond acceptors (Lipinski definition) is 3. The molecule has 0 amide bonds. The van der Waals surface area contributed by atoms with Gasteiger partial charge in [0.15, 0.2) is 0 Å². The fourth-order valence-electron chi connectivity index (χ4n) is 0.978. The zero-order chi connectivity index (χ0) is 11.3. The lowest BCUT2D eigenvalue weighted by atomic mass is 10.2. The van der Waals surface area contributed by atoms with E-state index in [0.29, 0.717) is 0 Å². The van der Waals surface area contributed by atoms with E-state index < -0.39 is 7.60 Å². The molecule has 1 aromatic carbocycles. The maximum Gasteiger partial charge on any atom is 0.353 e. The first kappa shape index (κ1) is 12.7. The van der Waals surface area contributed by atoms with Crippen LogP contribution in [0.25, 0.3) is 6.08 Å². The Hall–Kier alpha value is -0.410. The van der Waals surface area contributed by atoms with Crippen LogP contribution in [0.1, 0.15) is 5.56 Å². The van der Waals surface area contributed by atoms with E-state index in [-0.39, 0.29) is 0 Å². The van der Waals surface area contributed by atoms with Gasteiger partial charge in [-0.2, -0.15) is 0 Å². The quantitative estimate of drug-likeness (QED) is 0.789. The molecule has 0 unspecified atom stereocenters. The molecule has 0 heterocycles. The van der Waals surface area contributed by atoms with Crippen LogP contribution in [0.3, 0.4) is 0 Å². The summed E-state index contributed by atoms with van der Waals surface area (Å²) in [5.41, 5.74) is 0.923. The number of hydrogen-bond donors (Lipinski definition) is 0. The van der Waals surface area contributed by atoms with E-state index in [1.807, 2.05) is 24.3 Å². The molecule has 0 bridgehead atoms. The van der Waals surface area contributed by atoms with Gasteiger partial charge in [0.05, 0.1) is 0 Å². The predicted octanol–water partition coefficient (Wildman–Crippen LogP) is 3.91. The SMILES string of the molecule is COP(=O)(/C=C/c1ccccc1Br)OC. The second-order valence-corrected chi connectivity index (χ2v) is 5.70.